The van der Waals surface area contributed by atoms with Gasteiger partial charge in [-0.25, -0.2) is 8.78 Å². The number of halogens is 2. The number of rotatable bonds is 5. The third-order valence-electron chi connectivity index (χ3n) is 5.83. The Morgan fingerprint density at radius 2 is 1.84 bits per heavy atom. The summed E-state index contributed by atoms with van der Waals surface area (Å²) in [5.74, 6) is -0.305. The summed E-state index contributed by atoms with van der Waals surface area (Å²) in [6.07, 6.45) is 7.08. The summed E-state index contributed by atoms with van der Waals surface area (Å²) in [7, 11) is 0. The van der Waals surface area contributed by atoms with Gasteiger partial charge in [0, 0.05) is 19.0 Å². The molecule has 0 bridgehead atoms. The van der Waals surface area contributed by atoms with Crippen molar-refractivity contribution in [3.8, 4) is 0 Å². The molecule has 1 saturated heterocycles. The van der Waals surface area contributed by atoms with E-state index in [1.807, 2.05) is 6.92 Å². The minimum absolute atomic E-state index is 0.145. The van der Waals surface area contributed by atoms with Crippen molar-refractivity contribution >= 4 is 5.91 Å². The van der Waals surface area contributed by atoms with Crippen molar-refractivity contribution < 1.29 is 13.6 Å². The molecule has 1 aliphatic carbocycles. The van der Waals surface area contributed by atoms with E-state index in [-0.39, 0.29) is 5.91 Å². The van der Waals surface area contributed by atoms with Crippen molar-refractivity contribution in [1.29, 1.82) is 0 Å². The predicted molar refractivity (Wildman–Crippen MR) is 94.4 cm³/mol. The normalized spacial score (nSPS) is 27.2. The van der Waals surface area contributed by atoms with Crippen molar-refractivity contribution in [2.75, 3.05) is 13.1 Å². The molecule has 2 N–H and O–H groups in total. The molecule has 0 aromatic heterocycles. The molecule has 0 spiro atoms. The SMILES string of the molecule is Cc1cc(F)c(F)cc1[C@H]1CC[C@@H](CCN[C@@H]2CCNC(=O)C2)CC1. The molecule has 2 aliphatic rings. The summed E-state index contributed by atoms with van der Waals surface area (Å²) in [5, 5.41) is 6.37. The minimum Gasteiger partial charge on any atom is -0.356 e. The fourth-order valence-corrected chi connectivity index (χ4v) is 4.31. The van der Waals surface area contributed by atoms with Gasteiger partial charge in [-0.3, -0.25) is 4.79 Å². The molecule has 1 aromatic carbocycles. The number of hydrogen-bond acceptors (Lipinski definition) is 2. The first-order valence-corrected chi connectivity index (χ1v) is 9.48. The molecule has 1 saturated carbocycles. The summed E-state index contributed by atoms with van der Waals surface area (Å²) < 4.78 is 26.8. The Labute approximate surface area is 148 Å². The first-order chi connectivity index (χ1) is 12.0. The fraction of sp³-hybridized carbons (Fsp3) is 0.650. The van der Waals surface area contributed by atoms with Gasteiger partial charge in [-0.2, -0.15) is 0 Å². The van der Waals surface area contributed by atoms with E-state index in [9.17, 15) is 13.6 Å². The van der Waals surface area contributed by atoms with Crippen LogP contribution < -0.4 is 10.6 Å². The van der Waals surface area contributed by atoms with E-state index in [0.717, 1.165) is 62.7 Å². The van der Waals surface area contributed by atoms with Gasteiger partial charge in [0.2, 0.25) is 5.91 Å². The third kappa shape index (κ3) is 4.78. The van der Waals surface area contributed by atoms with Gasteiger partial charge in [0.1, 0.15) is 0 Å². The summed E-state index contributed by atoms with van der Waals surface area (Å²) in [5.41, 5.74) is 1.84. The first kappa shape index (κ1) is 18.3. The number of carbonyl (C=O) groups is 1. The Kier molecular flexibility index (Phi) is 6.05. The molecule has 1 atom stereocenters. The van der Waals surface area contributed by atoms with Crippen LogP contribution in [0.2, 0.25) is 0 Å². The van der Waals surface area contributed by atoms with Crippen LogP contribution in [0, 0.1) is 24.5 Å². The van der Waals surface area contributed by atoms with Crippen LogP contribution in [0.4, 0.5) is 8.78 Å². The molecule has 1 heterocycles. The van der Waals surface area contributed by atoms with Gasteiger partial charge < -0.3 is 10.6 Å². The highest BCUT2D eigenvalue weighted by Crippen LogP contribution is 2.38. The predicted octanol–water partition coefficient (Wildman–Crippen LogP) is 3.81. The molecule has 138 valence electrons. The number of carbonyl (C=O) groups excluding carboxylic acids is 1. The lowest BCUT2D eigenvalue weighted by Crippen LogP contribution is -2.43. The number of piperidine rings is 1. The summed E-state index contributed by atoms with van der Waals surface area (Å²) in [6.45, 7) is 3.60. The van der Waals surface area contributed by atoms with E-state index in [1.54, 1.807) is 0 Å². The average molecular weight is 350 g/mol. The second-order valence-corrected chi connectivity index (χ2v) is 7.62. The zero-order chi connectivity index (χ0) is 17.8. The number of amides is 1. The molecule has 1 amide bonds. The average Bonchev–Trinajstić information content (AvgIpc) is 2.59. The largest absolute Gasteiger partial charge is 0.356 e. The molecule has 2 fully saturated rings. The van der Waals surface area contributed by atoms with E-state index in [2.05, 4.69) is 10.6 Å². The lowest BCUT2D eigenvalue weighted by Gasteiger charge is -2.30. The maximum atomic E-state index is 13.6. The van der Waals surface area contributed by atoms with Crippen LogP contribution in [0.1, 0.15) is 62.0 Å². The molecule has 3 nitrogen and oxygen atoms in total. The molecule has 0 unspecified atom stereocenters. The molecule has 0 radical (unpaired) electrons. The van der Waals surface area contributed by atoms with Gasteiger partial charge in [-0.1, -0.05) is 0 Å². The second kappa shape index (κ2) is 8.26. The van der Waals surface area contributed by atoms with E-state index < -0.39 is 11.6 Å². The molecular formula is C20H28F2N2O. The quantitative estimate of drug-likeness (QED) is 0.848. The Morgan fingerprint density at radius 1 is 1.12 bits per heavy atom. The Hall–Kier alpha value is -1.49. The molecule has 25 heavy (non-hydrogen) atoms. The molecule has 1 aromatic rings. The maximum absolute atomic E-state index is 13.6. The van der Waals surface area contributed by atoms with Crippen molar-refractivity contribution in [1.82, 2.24) is 10.6 Å². The zero-order valence-electron chi connectivity index (χ0n) is 14.9. The smallest absolute Gasteiger partial charge is 0.221 e. The van der Waals surface area contributed by atoms with E-state index in [4.69, 9.17) is 0 Å². The van der Waals surface area contributed by atoms with Crippen molar-refractivity contribution in [2.24, 2.45) is 5.92 Å². The second-order valence-electron chi connectivity index (χ2n) is 7.62. The van der Waals surface area contributed by atoms with Crippen LogP contribution >= 0.6 is 0 Å². The van der Waals surface area contributed by atoms with Crippen molar-refractivity contribution in [3.63, 3.8) is 0 Å². The zero-order valence-corrected chi connectivity index (χ0v) is 14.9. The monoisotopic (exact) mass is 350 g/mol. The van der Waals surface area contributed by atoms with Gasteiger partial charge >= 0.3 is 0 Å². The van der Waals surface area contributed by atoms with Gasteiger partial charge in [0.25, 0.3) is 0 Å². The van der Waals surface area contributed by atoms with Gasteiger partial charge in [0.05, 0.1) is 0 Å². The Balaban J connectivity index is 1.43. The number of nitrogens with one attached hydrogen (secondary N) is 2. The lowest BCUT2D eigenvalue weighted by atomic mass is 9.76. The highest BCUT2D eigenvalue weighted by molar-refractivity contribution is 5.77. The fourth-order valence-electron chi connectivity index (χ4n) is 4.31. The standard InChI is InChI=1S/C20H28F2N2O/c1-13-10-18(21)19(22)12-17(13)15-4-2-14(3-5-15)6-8-23-16-7-9-24-20(25)11-16/h10,12,14-16,23H,2-9,11H2,1H3,(H,24,25)/t14-,15+,16-/m1/s1. The molecule has 1 aliphatic heterocycles. The number of aryl methyl sites for hydroxylation is 1. The van der Waals surface area contributed by atoms with Crippen LogP contribution in [-0.2, 0) is 4.79 Å². The lowest BCUT2D eigenvalue weighted by molar-refractivity contribution is -0.122. The van der Waals surface area contributed by atoms with Gasteiger partial charge in [-0.05, 0) is 87.1 Å². The summed E-state index contributed by atoms with van der Waals surface area (Å²) >= 11 is 0. The molecule has 3 rings (SSSR count). The van der Waals surface area contributed by atoms with Gasteiger partial charge in [-0.15, -0.1) is 0 Å². The van der Waals surface area contributed by atoms with Crippen LogP contribution in [0.5, 0.6) is 0 Å². The summed E-state index contributed by atoms with van der Waals surface area (Å²) in [6, 6.07) is 3.03. The van der Waals surface area contributed by atoms with Crippen molar-refractivity contribution in [2.45, 2.75) is 63.8 Å². The Morgan fingerprint density at radius 3 is 2.56 bits per heavy atom. The maximum Gasteiger partial charge on any atom is 0.221 e. The summed E-state index contributed by atoms with van der Waals surface area (Å²) in [4.78, 5) is 11.4. The van der Waals surface area contributed by atoms with E-state index in [0.29, 0.717) is 24.3 Å². The van der Waals surface area contributed by atoms with E-state index in [1.165, 1.54) is 12.1 Å². The first-order valence-electron chi connectivity index (χ1n) is 9.48. The molecule has 5 heteroatoms. The van der Waals surface area contributed by atoms with Crippen LogP contribution in [0.15, 0.2) is 12.1 Å². The van der Waals surface area contributed by atoms with Crippen LogP contribution in [-0.4, -0.2) is 25.0 Å². The highest BCUT2D eigenvalue weighted by atomic mass is 19.2. The van der Waals surface area contributed by atoms with Crippen LogP contribution in [0.3, 0.4) is 0 Å². The van der Waals surface area contributed by atoms with Crippen molar-refractivity contribution in [3.05, 3.63) is 34.9 Å². The minimum atomic E-state index is -0.752. The number of hydrogen-bond donors (Lipinski definition) is 2. The molecular weight excluding hydrogens is 322 g/mol. The van der Waals surface area contributed by atoms with Crippen LogP contribution in [0.25, 0.3) is 0 Å². The van der Waals surface area contributed by atoms with E-state index >= 15 is 0 Å². The topological polar surface area (TPSA) is 41.1 Å². The third-order valence-corrected chi connectivity index (χ3v) is 5.83. The number of benzene rings is 1. The van der Waals surface area contributed by atoms with Gasteiger partial charge in [0.15, 0.2) is 11.6 Å². The highest BCUT2D eigenvalue weighted by Gasteiger charge is 2.25. The Bertz CT molecular complexity index is 612.